The number of carbonyl (C=O) groups excluding carboxylic acids is 1. The Hall–Kier alpha value is -1.51. The number of hydrogen-bond acceptors (Lipinski definition) is 7. The molecule has 0 aromatic heterocycles. The molecule has 2 aliphatic rings. The maximum Gasteiger partial charge on any atom is 0.309 e. The molecule has 5 atom stereocenters. The molecule has 0 unspecified atom stereocenters. The summed E-state index contributed by atoms with van der Waals surface area (Å²) in [7, 11) is 3.08. The second-order valence-electron chi connectivity index (χ2n) is 5.74. The van der Waals surface area contributed by atoms with Crippen LogP contribution in [0.1, 0.15) is 18.1 Å². The Labute approximate surface area is 140 Å². The average Bonchev–Trinajstić information content (AvgIpc) is 2.60. The van der Waals surface area contributed by atoms with Crippen LogP contribution in [-0.2, 0) is 33.2 Å². The Bertz CT molecular complexity index is 535. The minimum Gasteiger partial charge on any atom is -0.456 e. The highest BCUT2D eigenvalue weighted by atomic mass is 16.7. The van der Waals surface area contributed by atoms with E-state index in [-0.39, 0.29) is 32.1 Å². The minimum absolute atomic E-state index is 0.0626. The van der Waals surface area contributed by atoms with Gasteiger partial charge < -0.3 is 28.4 Å². The van der Waals surface area contributed by atoms with Crippen LogP contribution in [0.2, 0.25) is 0 Å². The van der Waals surface area contributed by atoms with Crippen molar-refractivity contribution in [3.8, 4) is 0 Å². The average molecular weight is 338 g/mol. The number of hydrogen-bond donors (Lipinski definition) is 0. The van der Waals surface area contributed by atoms with Gasteiger partial charge in [-0.1, -0.05) is 30.3 Å². The van der Waals surface area contributed by atoms with Gasteiger partial charge in [0.25, 0.3) is 0 Å². The molecule has 0 radical (unpaired) electrons. The lowest BCUT2D eigenvalue weighted by atomic mass is 9.88. The normalized spacial score (nSPS) is 32.4. The van der Waals surface area contributed by atoms with E-state index >= 15 is 0 Å². The number of rotatable bonds is 7. The van der Waals surface area contributed by atoms with Crippen molar-refractivity contribution in [1.29, 1.82) is 0 Å². The van der Waals surface area contributed by atoms with Crippen molar-refractivity contribution in [2.24, 2.45) is 0 Å². The van der Waals surface area contributed by atoms with Crippen molar-refractivity contribution in [1.82, 2.24) is 0 Å². The molecule has 0 saturated carbocycles. The summed E-state index contributed by atoms with van der Waals surface area (Å²) >= 11 is 0. The number of methoxy groups -OCH3 is 2. The molecule has 0 spiro atoms. The van der Waals surface area contributed by atoms with Crippen molar-refractivity contribution >= 4 is 5.97 Å². The van der Waals surface area contributed by atoms with E-state index in [1.165, 1.54) is 14.2 Å². The molecule has 2 bridgehead atoms. The van der Waals surface area contributed by atoms with Gasteiger partial charge in [-0.2, -0.15) is 0 Å². The van der Waals surface area contributed by atoms with Crippen LogP contribution in [0.15, 0.2) is 30.3 Å². The Morgan fingerprint density at radius 3 is 2.38 bits per heavy atom. The zero-order valence-electron chi connectivity index (χ0n) is 13.8. The fraction of sp³-hybridized carbons (Fsp3) is 0.588. The summed E-state index contributed by atoms with van der Waals surface area (Å²) in [4.78, 5) is 11.9. The molecule has 7 heteroatoms. The zero-order chi connectivity index (χ0) is 16.9. The molecule has 0 amide bonds. The summed E-state index contributed by atoms with van der Waals surface area (Å²) in [5.74, 6) is -0.320. The Kier molecular flexibility index (Phi) is 5.80. The van der Waals surface area contributed by atoms with Crippen molar-refractivity contribution in [2.75, 3.05) is 27.8 Å². The zero-order valence-corrected chi connectivity index (χ0v) is 13.8. The number of fused-ring (bicyclic) bond motifs is 2. The fourth-order valence-corrected chi connectivity index (χ4v) is 3.17. The summed E-state index contributed by atoms with van der Waals surface area (Å²) in [6.45, 7) is 0.151. The summed E-state index contributed by atoms with van der Waals surface area (Å²) in [6.07, 6.45) is -2.18. The summed E-state index contributed by atoms with van der Waals surface area (Å²) in [5.41, 5.74) is 0.955. The Morgan fingerprint density at radius 2 is 1.71 bits per heavy atom. The first-order valence-corrected chi connectivity index (χ1v) is 7.85. The molecule has 7 nitrogen and oxygen atoms in total. The highest BCUT2D eigenvalue weighted by molar-refractivity contribution is 5.71. The third-order valence-corrected chi connectivity index (χ3v) is 4.15. The van der Waals surface area contributed by atoms with Crippen LogP contribution < -0.4 is 0 Å². The van der Waals surface area contributed by atoms with Gasteiger partial charge in [0, 0.05) is 14.2 Å². The van der Waals surface area contributed by atoms with Crippen molar-refractivity contribution in [2.45, 2.75) is 36.9 Å². The van der Waals surface area contributed by atoms with Gasteiger partial charge >= 0.3 is 5.97 Å². The first-order valence-electron chi connectivity index (χ1n) is 7.85. The second kappa shape index (κ2) is 8.04. The second-order valence-corrected chi connectivity index (χ2v) is 5.74. The standard InChI is InChI=1S/C17H22O7/c1-19-9-21-15-12-8-13(18)24-17(15)16(22-10-20-2)14(23-12)11-6-4-3-5-7-11/h3-7,12,14-17H,8-10H2,1-2H3/t12-,14+,15-,16-,17-/m1/s1. The van der Waals surface area contributed by atoms with Crippen LogP contribution in [0.3, 0.4) is 0 Å². The smallest absolute Gasteiger partial charge is 0.309 e. The van der Waals surface area contributed by atoms with Crippen LogP contribution in [-0.4, -0.2) is 58.2 Å². The van der Waals surface area contributed by atoms with Gasteiger partial charge in [-0.05, 0) is 5.56 Å². The van der Waals surface area contributed by atoms with E-state index < -0.39 is 24.4 Å². The quantitative estimate of drug-likeness (QED) is 0.550. The minimum atomic E-state index is -0.583. The molecule has 3 rings (SSSR count). The molecule has 132 valence electrons. The Morgan fingerprint density at radius 1 is 1.04 bits per heavy atom. The molecular weight excluding hydrogens is 316 g/mol. The highest BCUT2D eigenvalue weighted by Gasteiger charge is 2.53. The maximum atomic E-state index is 11.9. The monoisotopic (exact) mass is 338 g/mol. The van der Waals surface area contributed by atoms with E-state index in [9.17, 15) is 4.79 Å². The van der Waals surface area contributed by atoms with Crippen LogP contribution >= 0.6 is 0 Å². The first kappa shape index (κ1) is 17.3. The maximum absolute atomic E-state index is 11.9. The lowest BCUT2D eigenvalue weighted by molar-refractivity contribution is -0.293. The van der Waals surface area contributed by atoms with Gasteiger partial charge in [0.1, 0.15) is 31.9 Å². The van der Waals surface area contributed by atoms with Gasteiger partial charge in [0.2, 0.25) is 0 Å². The molecular formula is C17H22O7. The molecule has 2 heterocycles. The molecule has 24 heavy (non-hydrogen) atoms. The van der Waals surface area contributed by atoms with Gasteiger partial charge in [-0.3, -0.25) is 4.79 Å². The molecule has 1 aromatic carbocycles. The number of carbonyl (C=O) groups is 1. The van der Waals surface area contributed by atoms with Crippen LogP contribution in [0.4, 0.5) is 0 Å². The van der Waals surface area contributed by atoms with Gasteiger partial charge in [0.05, 0.1) is 12.5 Å². The molecule has 0 aliphatic carbocycles. The third-order valence-electron chi connectivity index (χ3n) is 4.15. The van der Waals surface area contributed by atoms with E-state index in [0.717, 1.165) is 5.56 Å². The molecule has 1 aromatic rings. The number of esters is 1. The largest absolute Gasteiger partial charge is 0.456 e. The van der Waals surface area contributed by atoms with E-state index in [1.54, 1.807) is 0 Å². The molecule has 2 fully saturated rings. The van der Waals surface area contributed by atoms with Gasteiger partial charge in [-0.25, -0.2) is 0 Å². The van der Waals surface area contributed by atoms with Crippen LogP contribution in [0.5, 0.6) is 0 Å². The first-order chi connectivity index (χ1) is 11.7. The van der Waals surface area contributed by atoms with Crippen molar-refractivity contribution < 1.29 is 33.2 Å². The summed E-state index contributed by atoms with van der Waals surface area (Å²) in [6, 6.07) is 9.72. The third kappa shape index (κ3) is 3.60. The van der Waals surface area contributed by atoms with Crippen LogP contribution in [0.25, 0.3) is 0 Å². The van der Waals surface area contributed by atoms with E-state index in [0.29, 0.717) is 0 Å². The number of ether oxygens (including phenoxy) is 6. The van der Waals surface area contributed by atoms with E-state index in [2.05, 4.69) is 0 Å². The van der Waals surface area contributed by atoms with E-state index in [4.69, 9.17) is 28.4 Å². The van der Waals surface area contributed by atoms with E-state index in [1.807, 2.05) is 30.3 Å². The number of benzene rings is 1. The van der Waals surface area contributed by atoms with Gasteiger partial charge in [-0.15, -0.1) is 0 Å². The molecule has 0 N–H and O–H groups in total. The summed E-state index contributed by atoms with van der Waals surface area (Å²) in [5, 5.41) is 0. The predicted molar refractivity (Wildman–Crippen MR) is 82.1 cm³/mol. The lowest BCUT2D eigenvalue weighted by Gasteiger charge is -2.48. The lowest BCUT2D eigenvalue weighted by Crippen LogP contribution is -2.61. The summed E-state index contributed by atoms with van der Waals surface area (Å²) < 4.78 is 33.2. The molecule has 2 aliphatic heterocycles. The van der Waals surface area contributed by atoms with Crippen LogP contribution in [0, 0.1) is 0 Å². The van der Waals surface area contributed by atoms with Crippen molar-refractivity contribution in [3.63, 3.8) is 0 Å². The fourth-order valence-electron chi connectivity index (χ4n) is 3.17. The van der Waals surface area contributed by atoms with Gasteiger partial charge in [0.15, 0.2) is 6.10 Å². The highest BCUT2D eigenvalue weighted by Crippen LogP contribution is 2.40. The SMILES string of the molecule is COCO[C@H]1[C@H]2OC(=O)C[C@H]1O[C@@H](c1ccccc1)[C@H]2OCOC. The molecule has 2 saturated heterocycles. The van der Waals surface area contributed by atoms with Crippen molar-refractivity contribution in [3.05, 3.63) is 35.9 Å². The predicted octanol–water partition coefficient (Wildman–Crippen LogP) is 1.42. The Balaban J connectivity index is 1.87. The topological polar surface area (TPSA) is 72.5 Å².